The molecule has 1 aliphatic heterocycles. The first-order chi connectivity index (χ1) is 13.3. The second-order valence-corrected chi connectivity index (χ2v) is 11.8. The highest BCUT2D eigenvalue weighted by Crippen LogP contribution is 2.44. The highest BCUT2D eigenvalue weighted by atomic mass is 79.9. The van der Waals surface area contributed by atoms with E-state index in [4.69, 9.17) is 35.4 Å². The number of halogens is 3. The molecule has 4 rings (SSSR count). The fourth-order valence-electron chi connectivity index (χ4n) is 4.71. The zero-order valence-electron chi connectivity index (χ0n) is 15.2. The van der Waals surface area contributed by atoms with Crippen molar-refractivity contribution in [2.75, 3.05) is 26.2 Å². The lowest BCUT2D eigenvalue weighted by Gasteiger charge is -2.37. The van der Waals surface area contributed by atoms with E-state index in [1.54, 1.807) is 12.1 Å². The second-order valence-electron chi connectivity index (χ2n) is 7.82. The van der Waals surface area contributed by atoms with E-state index in [0.29, 0.717) is 36.7 Å². The minimum absolute atomic E-state index is 0.0323. The van der Waals surface area contributed by atoms with Crippen molar-refractivity contribution >= 4 is 66.5 Å². The Kier molecular flexibility index (Phi) is 6.18. The molecule has 1 aromatic carbocycles. The number of nitrogens with zero attached hydrogens (tertiary/aromatic N) is 2. The highest BCUT2D eigenvalue weighted by molar-refractivity contribution is 9.10. The van der Waals surface area contributed by atoms with Crippen LogP contribution in [0.25, 0.3) is 0 Å². The van der Waals surface area contributed by atoms with Crippen LogP contribution in [0.2, 0.25) is 10.0 Å². The summed E-state index contributed by atoms with van der Waals surface area (Å²) in [5.41, 5.74) is 0. The smallest absolute Gasteiger partial charge is 0.246 e. The van der Waals surface area contributed by atoms with E-state index in [1.807, 2.05) is 0 Å². The highest BCUT2D eigenvalue weighted by Gasteiger charge is 2.40. The Hall–Kier alpha value is -0.120. The number of rotatable bonds is 3. The fraction of sp³-hybridized carbons (Fsp3) is 0.611. The summed E-state index contributed by atoms with van der Waals surface area (Å²) in [4.78, 5) is 2.04. The van der Waals surface area contributed by atoms with Gasteiger partial charge in [-0.2, -0.15) is 4.31 Å². The molecule has 2 bridgehead atoms. The molecule has 0 spiro atoms. The van der Waals surface area contributed by atoms with Gasteiger partial charge in [-0.1, -0.05) is 45.6 Å². The molecule has 3 aliphatic rings. The summed E-state index contributed by atoms with van der Waals surface area (Å²) in [5.74, 6) is 1.60. The SMILES string of the molecule is O=S(=O)(c1c(Cl)cc(Br)cc1Cl)N1CCN(C(=S)N[C@H]2C[C@@H]3CC[C@@H]2C3)CC1. The first-order valence-corrected chi connectivity index (χ1v) is 12.9. The van der Waals surface area contributed by atoms with Crippen molar-refractivity contribution < 1.29 is 8.42 Å². The Morgan fingerprint density at radius 3 is 2.29 bits per heavy atom. The summed E-state index contributed by atoms with van der Waals surface area (Å²) in [5, 5.41) is 4.52. The minimum Gasteiger partial charge on any atom is -0.360 e. The molecular weight excluding hydrogens is 505 g/mol. The topological polar surface area (TPSA) is 52.7 Å². The van der Waals surface area contributed by atoms with Gasteiger partial charge in [-0.15, -0.1) is 0 Å². The summed E-state index contributed by atoms with van der Waals surface area (Å²) in [6.45, 7) is 1.81. The number of hydrogen-bond donors (Lipinski definition) is 1. The van der Waals surface area contributed by atoms with E-state index in [9.17, 15) is 8.42 Å². The Balaban J connectivity index is 1.39. The van der Waals surface area contributed by atoms with Crippen LogP contribution in [0.15, 0.2) is 21.5 Å². The third kappa shape index (κ3) is 4.05. The summed E-state index contributed by atoms with van der Waals surface area (Å²) in [6, 6.07) is 3.57. The van der Waals surface area contributed by atoms with Gasteiger partial charge in [0.25, 0.3) is 0 Å². The first kappa shape index (κ1) is 21.1. The summed E-state index contributed by atoms with van der Waals surface area (Å²) >= 11 is 21.2. The fourth-order valence-corrected chi connectivity index (χ4v) is 8.35. The van der Waals surface area contributed by atoms with Crippen LogP contribution in [0.3, 0.4) is 0 Å². The number of piperazine rings is 1. The molecule has 28 heavy (non-hydrogen) atoms. The van der Waals surface area contributed by atoms with E-state index in [-0.39, 0.29) is 14.9 Å². The maximum Gasteiger partial charge on any atom is 0.246 e. The molecule has 2 aliphatic carbocycles. The first-order valence-electron chi connectivity index (χ1n) is 9.46. The molecular formula is C18H22BrCl2N3O2S2. The Morgan fingerprint density at radius 2 is 1.75 bits per heavy atom. The molecule has 0 aromatic heterocycles. The van der Waals surface area contributed by atoms with Gasteiger partial charge in [-0.05, 0) is 55.4 Å². The van der Waals surface area contributed by atoms with Gasteiger partial charge in [0.1, 0.15) is 4.90 Å². The van der Waals surface area contributed by atoms with E-state index < -0.39 is 10.0 Å². The zero-order chi connectivity index (χ0) is 20.1. The van der Waals surface area contributed by atoms with Crippen molar-refractivity contribution in [2.45, 2.75) is 36.6 Å². The number of nitrogens with one attached hydrogen (secondary N) is 1. The maximum atomic E-state index is 13.1. The molecule has 0 unspecified atom stereocenters. The number of sulfonamides is 1. The molecule has 1 heterocycles. The normalized spacial score (nSPS) is 28.0. The standard InChI is InChI=1S/C18H22BrCl2N3O2S2/c19-13-9-14(20)17(15(21)10-13)28(25,26)24-5-3-23(4-6-24)18(27)22-16-8-11-1-2-12(16)7-11/h9-12,16H,1-8H2,(H,22,27)/t11-,12-,16+/m1/s1. The maximum absolute atomic E-state index is 13.1. The summed E-state index contributed by atoms with van der Waals surface area (Å²) < 4.78 is 28.2. The van der Waals surface area contributed by atoms with Crippen molar-refractivity contribution in [1.82, 2.24) is 14.5 Å². The lowest BCUT2D eigenvalue weighted by atomic mass is 9.95. The van der Waals surface area contributed by atoms with Crippen molar-refractivity contribution in [3.63, 3.8) is 0 Å². The molecule has 0 radical (unpaired) electrons. The number of thiocarbonyl (C=S) groups is 1. The third-order valence-electron chi connectivity index (χ3n) is 6.13. The van der Waals surface area contributed by atoms with Crippen molar-refractivity contribution in [1.29, 1.82) is 0 Å². The van der Waals surface area contributed by atoms with E-state index in [1.165, 1.54) is 30.0 Å². The summed E-state index contributed by atoms with van der Waals surface area (Å²) in [6.07, 6.45) is 5.18. The zero-order valence-corrected chi connectivity index (χ0v) is 19.9. The van der Waals surface area contributed by atoms with Crippen LogP contribution in [0, 0.1) is 11.8 Å². The molecule has 1 saturated heterocycles. The molecule has 5 nitrogen and oxygen atoms in total. The molecule has 10 heteroatoms. The number of benzene rings is 1. The molecule has 1 N–H and O–H groups in total. The largest absolute Gasteiger partial charge is 0.360 e. The van der Waals surface area contributed by atoms with Gasteiger partial charge in [0.15, 0.2) is 5.11 Å². The van der Waals surface area contributed by atoms with Crippen LogP contribution in [0.4, 0.5) is 0 Å². The predicted molar refractivity (Wildman–Crippen MR) is 119 cm³/mol. The molecule has 154 valence electrons. The minimum atomic E-state index is -3.76. The number of hydrogen-bond acceptors (Lipinski definition) is 3. The monoisotopic (exact) mass is 525 g/mol. The van der Waals surface area contributed by atoms with E-state index >= 15 is 0 Å². The quantitative estimate of drug-likeness (QED) is 0.600. The predicted octanol–water partition coefficient (Wildman–Crippen LogP) is 4.13. The van der Waals surface area contributed by atoms with Gasteiger partial charge in [0.2, 0.25) is 10.0 Å². The van der Waals surface area contributed by atoms with Gasteiger partial charge in [0.05, 0.1) is 10.0 Å². The van der Waals surface area contributed by atoms with Crippen LogP contribution in [-0.2, 0) is 10.0 Å². The molecule has 3 atom stereocenters. The second kappa shape index (κ2) is 8.19. The summed E-state index contributed by atoms with van der Waals surface area (Å²) in [7, 11) is -3.76. The van der Waals surface area contributed by atoms with Gasteiger partial charge >= 0.3 is 0 Å². The molecule has 2 saturated carbocycles. The van der Waals surface area contributed by atoms with Gasteiger partial charge in [-0.3, -0.25) is 0 Å². The Morgan fingerprint density at radius 1 is 1.11 bits per heavy atom. The molecule has 3 fully saturated rings. The lowest BCUT2D eigenvalue weighted by Crippen LogP contribution is -2.55. The van der Waals surface area contributed by atoms with Crippen LogP contribution >= 0.6 is 51.3 Å². The molecule has 0 amide bonds. The van der Waals surface area contributed by atoms with Gasteiger partial charge < -0.3 is 10.2 Å². The van der Waals surface area contributed by atoms with Crippen LogP contribution < -0.4 is 5.32 Å². The van der Waals surface area contributed by atoms with Crippen molar-refractivity contribution in [3.05, 3.63) is 26.7 Å². The van der Waals surface area contributed by atoms with Crippen molar-refractivity contribution in [2.24, 2.45) is 11.8 Å². The van der Waals surface area contributed by atoms with Crippen molar-refractivity contribution in [3.8, 4) is 0 Å². The van der Waals surface area contributed by atoms with Gasteiger partial charge in [-0.25, -0.2) is 8.42 Å². The Bertz CT molecular complexity index is 868. The van der Waals surface area contributed by atoms with E-state index in [2.05, 4.69) is 26.1 Å². The average molecular weight is 527 g/mol. The van der Waals surface area contributed by atoms with Crippen LogP contribution in [0.1, 0.15) is 25.7 Å². The van der Waals surface area contributed by atoms with E-state index in [0.717, 1.165) is 16.9 Å². The third-order valence-corrected chi connectivity index (χ3v) is 9.79. The van der Waals surface area contributed by atoms with Gasteiger partial charge in [0, 0.05) is 36.7 Å². The lowest BCUT2D eigenvalue weighted by molar-refractivity contribution is 0.258. The molecule has 1 aromatic rings. The van der Waals surface area contributed by atoms with Crippen LogP contribution in [-0.4, -0.2) is 55.0 Å². The average Bonchev–Trinajstić information content (AvgIpc) is 3.23. The number of fused-ring (bicyclic) bond motifs is 2. The van der Waals surface area contributed by atoms with Crippen LogP contribution in [0.5, 0.6) is 0 Å². The Labute approximate surface area is 189 Å².